The molecule has 0 radical (unpaired) electrons. The van der Waals surface area contributed by atoms with Gasteiger partial charge in [-0.05, 0) is 25.1 Å². The lowest BCUT2D eigenvalue weighted by molar-refractivity contribution is -0.125. The van der Waals surface area contributed by atoms with Gasteiger partial charge in [-0.25, -0.2) is 4.39 Å². The molecule has 0 aromatic heterocycles. The SMILES string of the molecule is Cc1ccc(NC(=O)[C@H]2CC(c3ccccc3F)=NO2)cc1. The number of rotatable bonds is 3. The van der Waals surface area contributed by atoms with Crippen LogP contribution >= 0.6 is 0 Å². The molecule has 0 aliphatic carbocycles. The van der Waals surface area contributed by atoms with Gasteiger partial charge in [-0.1, -0.05) is 41.1 Å². The number of nitrogens with zero attached hydrogens (tertiary/aromatic N) is 1. The summed E-state index contributed by atoms with van der Waals surface area (Å²) in [4.78, 5) is 17.3. The molecular weight excluding hydrogens is 283 g/mol. The third-order valence-corrected chi connectivity index (χ3v) is 3.47. The summed E-state index contributed by atoms with van der Waals surface area (Å²) < 4.78 is 13.7. The largest absolute Gasteiger partial charge is 0.382 e. The van der Waals surface area contributed by atoms with Crippen molar-refractivity contribution in [1.82, 2.24) is 0 Å². The van der Waals surface area contributed by atoms with Gasteiger partial charge in [0, 0.05) is 17.7 Å². The summed E-state index contributed by atoms with van der Waals surface area (Å²) in [6.45, 7) is 1.97. The first-order valence-corrected chi connectivity index (χ1v) is 6.98. The van der Waals surface area contributed by atoms with Crippen molar-refractivity contribution in [3.05, 3.63) is 65.5 Å². The van der Waals surface area contributed by atoms with Crippen molar-refractivity contribution < 1.29 is 14.0 Å². The molecule has 1 amide bonds. The number of anilines is 1. The molecule has 1 aliphatic rings. The summed E-state index contributed by atoms with van der Waals surface area (Å²) >= 11 is 0. The molecule has 2 aromatic rings. The molecular formula is C17H15FN2O2. The van der Waals surface area contributed by atoms with E-state index >= 15 is 0 Å². The zero-order valence-corrected chi connectivity index (χ0v) is 12.0. The lowest BCUT2D eigenvalue weighted by Crippen LogP contribution is -2.28. The van der Waals surface area contributed by atoms with Gasteiger partial charge >= 0.3 is 0 Å². The zero-order chi connectivity index (χ0) is 15.5. The van der Waals surface area contributed by atoms with Crippen LogP contribution in [0.3, 0.4) is 0 Å². The molecule has 0 bridgehead atoms. The van der Waals surface area contributed by atoms with E-state index in [1.54, 1.807) is 18.2 Å². The Hall–Kier alpha value is -2.69. The second-order valence-corrected chi connectivity index (χ2v) is 5.17. The zero-order valence-electron chi connectivity index (χ0n) is 12.0. The van der Waals surface area contributed by atoms with Gasteiger partial charge in [-0.15, -0.1) is 0 Å². The Kier molecular flexibility index (Phi) is 3.87. The van der Waals surface area contributed by atoms with Crippen molar-refractivity contribution in [2.75, 3.05) is 5.32 Å². The van der Waals surface area contributed by atoms with Crippen molar-refractivity contribution in [3.8, 4) is 0 Å². The first-order valence-electron chi connectivity index (χ1n) is 6.98. The number of amides is 1. The van der Waals surface area contributed by atoms with E-state index in [9.17, 15) is 9.18 Å². The molecule has 1 N–H and O–H groups in total. The smallest absolute Gasteiger partial charge is 0.268 e. The first kappa shape index (κ1) is 14.3. The Balaban J connectivity index is 1.65. The van der Waals surface area contributed by atoms with Gasteiger partial charge in [0.05, 0.1) is 5.71 Å². The average Bonchev–Trinajstić information content (AvgIpc) is 3.00. The average molecular weight is 298 g/mol. The van der Waals surface area contributed by atoms with E-state index in [4.69, 9.17) is 4.84 Å². The van der Waals surface area contributed by atoms with Gasteiger partial charge in [0.15, 0.2) is 0 Å². The fourth-order valence-corrected chi connectivity index (χ4v) is 2.23. The minimum Gasteiger partial charge on any atom is -0.382 e. The summed E-state index contributed by atoms with van der Waals surface area (Å²) in [6.07, 6.45) is -0.491. The molecule has 0 spiro atoms. The van der Waals surface area contributed by atoms with E-state index in [2.05, 4.69) is 10.5 Å². The number of hydrogen-bond donors (Lipinski definition) is 1. The minimum atomic E-state index is -0.740. The Labute approximate surface area is 127 Å². The van der Waals surface area contributed by atoms with Gasteiger partial charge < -0.3 is 10.2 Å². The van der Waals surface area contributed by atoms with E-state index < -0.39 is 6.10 Å². The van der Waals surface area contributed by atoms with Crippen LogP contribution in [0.15, 0.2) is 53.7 Å². The van der Waals surface area contributed by atoms with Crippen LogP contribution in [0.25, 0.3) is 0 Å². The Bertz CT molecular complexity index is 726. The summed E-state index contributed by atoms with van der Waals surface area (Å²) in [5.74, 6) is -0.664. The molecule has 1 heterocycles. The van der Waals surface area contributed by atoms with Gasteiger partial charge in [0.1, 0.15) is 5.82 Å². The van der Waals surface area contributed by atoms with Crippen LogP contribution in [0, 0.1) is 12.7 Å². The minimum absolute atomic E-state index is 0.249. The maximum absolute atomic E-state index is 13.7. The number of oxime groups is 1. The third-order valence-electron chi connectivity index (χ3n) is 3.47. The van der Waals surface area contributed by atoms with E-state index in [1.807, 2.05) is 31.2 Å². The molecule has 3 rings (SSSR count). The predicted molar refractivity (Wildman–Crippen MR) is 82.2 cm³/mol. The van der Waals surface area contributed by atoms with E-state index in [1.165, 1.54) is 6.07 Å². The monoisotopic (exact) mass is 298 g/mol. The maximum Gasteiger partial charge on any atom is 0.268 e. The van der Waals surface area contributed by atoms with Crippen LogP contribution in [0.4, 0.5) is 10.1 Å². The van der Waals surface area contributed by atoms with Crippen LogP contribution < -0.4 is 5.32 Å². The second kappa shape index (κ2) is 5.97. The normalized spacial score (nSPS) is 16.8. The number of carbonyl (C=O) groups excluding carboxylic acids is 1. The summed E-state index contributed by atoms with van der Waals surface area (Å²) in [6, 6.07) is 13.8. The summed E-state index contributed by atoms with van der Waals surface area (Å²) in [5.41, 5.74) is 2.62. The number of halogens is 1. The quantitative estimate of drug-likeness (QED) is 0.945. The van der Waals surface area contributed by atoms with Gasteiger partial charge in [0.25, 0.3) is 5.91 Å². The van der Waals surface area contributed by atoms with Crippen LogP contribution in [-0.4, -0.2) is 17.7 Å². The number of carbonyl (C=O) groups is 1. The molecule has 0 saturated heterocycles. The lowest BCUT2D eigenvalue weighted by atomic mass is 10.0. The van der Waals surface area contributed by atoms with Crippen LogP contribution in [0.5, 0.6) is 0 Å². The maximum atomic E-state index is 13.7. The van der Waals surface area contributed by atoms with Crippen LogP contribution in [0.2, 0.25) is 0 Å². The highest BCUT2D eigenvalue weighted by Gasteiger charge is 2.29. The Morgan fingerprint density at radius 1 is 1.23 bits per heavy atom. The van der Waals surface area contributed by atoms with Crippen molar-refractivity contribution >= 4 is 17.3 Å². The molecule has 1 atom stereocenters. The van der Waals surface area contributed by atoms with Crippen LogP contribution in [0.1, 0.15) is 17.5 Å². The second-order valence-electron chi connectivity index (χ2n) is 5.17. The van der Waals surface area contributed by atoms with Crippen LogP contribution in [-0.2, 0) is 9.63 Å². The molecule has 0 fully saturated rings. The van der Waals surface area contributed by atoms with Gasteiger partial charge in [-0.3, -0.25) is 4.79 Å². The highest BCUT2D eigenvalue weighted by atomic mass is 19.1. The van der Waals surface area contributed by atoms with E-state index in [0.717, 1.165) is 5.56 Å². The third kappa shape index (κ3) is 2.98. The van der Waals surface area contributed by atoms with E-state index in [0.29, 0.717) is 17.0 Å². The molecule has 2 aromatic carbocycles. The van der Waals surface area contributed by atoms with Crippen molar-refractivity contribution in [1.29, 1.82) is 0 Å². The summed E-state index contributed by atoms with van der Waals surface area (Å²) in [7, 11) is 0. The highest BCUT2D eigenvalue weighted by molar-refractivity contribution is 6.06. The lowest BCUT2D eigenvalue weighted by Gasteiger charge is -2.09. The van der Waals surface area contributed by atoms with E-state index in [-0.39, 0.29) is 18.1 Å². The molecule has 4 nitrogen and oxygen atoms in total. The van der Waals surface area contributed by atoms with Gasteiger partial charge in [0.2, 0.25) is 6.10 Å². The summed E-state index contributed by atoms with van der Waals surface area (Å²) in [5, 5.41) is 6.61. The molecule has 5 heteroatoms. The molecule has 0 saturated carbocycles. The van der Waals surface area contributed by atoms with Crippen molar-refractivity contribution in [2.24, 2.45) is 5.16 Å². The number of nitrogens with one attached hydrogen (secondary N) is 1. The molecule has 0 unspecified atom stereocenters. The predicted octanol–water partition coefficient (Wildman–Crippen LogP) is 3.27. The fourth-order valence-electron chi connectivity index (χ4n) is 2.23. The fraction of sp³-hybridized carbons (Fsp3) is 0.176. The standard InChI is InChI=1S/C17H15FN2O2/c1-11-6-8-12(9-7-11)19-17(21)16-10-15(20-22-16)13-4-2-3-5-14(13)18/h2-9,16H,10H2,1H3,(H,19,21)/t16-/m1/s1. The molecule has 1 aliphatic heterocycles. The topological polar surface area (TPSA) is 50.7 Å². The Morgan fingerprint density at radius 3 is 2.68 bits per heavy atom. The Morgan fingerprint density at radius 2 is 1.95 bits per heavy atom. The highest BCUT2D eigenvalue weighted by Crippen LogP contribution is 2.20. The van der Waals surface area contributed by atoms with Crippen molar-refractivity contribution in [3.63, 3.8) is 0 Å². The number of aryl methyl sites for hydroxylation is 1. The molecule has 112 valence electrons. The first-order chi connectivity index (χ1) is 10.6. The van der Waals surface area contributed by atoms with Crippen molar-refractivity contribution in [2.45, 2.75) is 19.4 Å². The number of benzene rings is 2. The number of hydrogen-bond acceptors (Lipinski definition) is 3. The van der Waals surface area contributed by atoms with Gasteiger partial charge in [-0.2, -0.15) is 0 Å². The molecule has 22 heavy (non-hydrogen) atoms.